The van der Waals surface area contributed by atoms with E-state index in [0.717, 1.165) is 18.8 Å². The van der Waals surface area contributed by atoms with Crippen molar-refractivity contribution in [1.29, 1.82) is 0 Å². The molecule has 2 rings (SSSR count). The number of aryl methyl sites for hydroxylation is 1. The lowest BCUT2D eigenvalue weighted by molar-refractivity contribution is -0.192. The fraction of sp³-hybridized carbons (Fsp3) is 0.700. The SMILES string of the molecule is Cc1nn[nH]c1C1CCNCC1.O=C(O)C(F)(F)F. The van der Waals surface area contributed by atoms with Crippen LogP contribution >= 0.6 is 0 Å². The van der Waals surface area contributed by atoms with E-state index in [2.05, 4.69) is 20.7 Å². The molecule has 0 bridgehead atoms. The number of hydrogen-bond donors (Lipinski definition) is 3. The van der Waals surface area contributed by atoms with Gasteiger partial charge in [-0.2, -0.15) is 13.2 Å². The van der Waals surface area contributed by atoms with E-state index < -0.39 is 12.1 Å². The first-order valence-corrected chi connectivity index (χ1v) is 5.70. The zero-order valence-corrected chi connectivity index (χ0v) is 10.3. The Bertz CT molecular complexity index is 413. The molecule has 1 aromatic heterocycles. The molecule has 1 saturated heterocycles. The summed E-state index contributed by atoms with van der Waals surface area (Å²) >= 11 is 0. The van der Waals surface area contributed by atoms with Crippen molar-refractivity contribution in [3.8, 4) is 0 Å². The first-order valence-electron chi connectivity index (χ1n) is 5.70. The maximum atomic E-state index is 10.6. The number of H-pyrrole nitrogens is 1. The van der Waals surface area contributed by atoms with Crippen LogP contribution in [0.4, 0.5) is 13.2 Å². The molecule has 1 fully saturated rings. The lowest BCUT2D eigenvalue weighted by Crippen LogP contribution is -2.27. The van der Waals surface area contributed by atoms with Crippen LogP contribution in [0.25, 0.3) is 0 Å². The molecule has 2 heterocycles. The van der Waals surface area contributed by atoms with Gasteiger partial charge in [0, 0.05) is 5.92 Å². The molecule has 0 aromatic carbocycles. The normalized spacial score (nSPS) is 16.6. The van der Waals surface area contributed by atoms with Gasteiger partial charge in [-0.15, -0.1) is 5.10 Å². The molecule has 0 saturated carbocycles. The van der Waals surface area contributed by atoms with Gasteiger partial charge in [0.2, 0.25) is 0 Å². The Balaban J connectivity index is 0.000000224. The van der Waals surface area contributed by atoms with Crippen molar-refractivity contribution < 1.29 is 23.1 Å². The smallest absolute Gasteiger partial charge is 0.475 e. The Kier molecular flexibility index (Phi) is 5.28. The summed E-state index contributed by atoms with van der Waals surface area (Å²) in [5.74, 6) is -2.12. The molecule has 0 atom stereocenters. The van der Waals surface area contributed by atoms with E-state index in [1.807, 2.05) is 6.92 Å². The summed E-state index contributed by atoms with van der Waals surface area (Å²) in [6.45, 7) is 4.24. The van der Waals surface area contributed by atoms with Crippen LogP contribution in [0.15, 0.2) is 0 Å². The molecular formula is C10H15F3N4O2. The number of aromatic nitrogens is 3. The third-order valence-electron chi connectivity index (χ3n) is 2.75. The van der Waals surface area contributed by atoms with Crippen molar-refractivity contribution in [2.75, 3.05) is 13.1 Å². The molecule has 0 spiro atoms. The molecule has 1 aliphatic heterocycles. The van der Waals surface area contributed by atoms with Gasteiger partial charge in [-0.25, -0.2) is 4.79 Å². The maximum Gasteiger partial charge on any atom is 0.490 e. The van der Waals surface area contributed by atoms with Crippen LogP contribution in [0, 0.1) is 6.92 Å². The number of nitrogens with one attached hydrogen (secondary N) is 2. The van der Waals surface area contributed by atoms with E-state index in [1.54, 1.807) is 0 Å². The standard InChI is InChI=1S/C8H14N4.C2HF3O2/c1-6-8(11-12-10-6)7-2-4-9-5-3-7;3-2(4,5)1(6)7/h7,9H,2-5H2,1H3,(H,10,11,12);(H,6,7). The molecule has 6 nitrogen and oxygen atoms in total. The second kappa shape index (κ2) is 6.50. The first kappa shape index (κ1) is 15.4. The zero-order chi connectivity index (χ0) is 14.5. The van der Waals surface area contributed by atoms with E-state index in [-0.39, 0.29) is 0 Å². The fourth-order valence-electron chi connectivity index (χ4n) is 1.79. The Labute approximate surface area is 107 Å². The third-order valence-corrected chi connectivity index (χ3v) is 2.75. The van der Waals surface area contributed by atoms with Crippen molar-refractivity contribution in [3.63, 3.8) is 0 Å². The van der Waals surface area contributed by atoms with Gasteiger partial charge in [0.05, 0.1) is 11.4 Å². The van der Waals surface area contributed by atoms with Gasteiger partial charge in [-0.1, -0.05) is 5.21 Å². The van der Waals surface area contributed by atoms with E-state index >= 15 is 0 Å². The number of nitrogens with zero attached hydrogens (tertiary/aromatic N) is 2. The minimum Gasteiger partial charge on any atom is -0.475 e. The Morgan fingerprint density at radius 3 is 2.26 bits per heavy atom. The maximum absolute atomic E-state index is 10.6. The second-order valence-electron chi connectivity index (χ2n) is 4.14. The van der Waals surface area contributed by atoms with Gasteiger partial charge in [0.25, 0.3) is 0 Å². The number of carboxylic acid groups (broad SMARTS) is 1. The van der Waals surface area contributed by atoms with E-state index in [1.165, 1.54) is 18.5 Å². The predicted octanol–water partition coefficient (Wildman–Crippen LogP) is 1.21. The highest BCUT2D eigenvalue weighted by Gasteiger charge is 2.38. The van der Waals surface area contributed by atoms with Gasteiger partial charge in [-0.3, -0.25) is 5.10 Å². The molecule has 1 aromatic rings. The lowest BCUT2D eigenvalue weighted by atomic mass is 9.94. The van der Waals surface area contributed by atoms with Crippen molar-refractivity contribution >= 4 is 5.97 Å². The average Bonchev–Trinajstić information content (AvgIpc) is 2.76. The average molecular weight is 280 g/mol. The molecule has 1 aliphatic rings. The predicted molar refractivity (Wildman–Crippen MR) is 59.7 cm³/mol. The van der Waals surface area contributed by atoms with Crippen LogP contribution < -0.4 is 5.32 Å². The molecule has 0 amide bonds. The molecule has 108 valence electrons. The molecule has 9 heteroatoms. The zero-order valence-electron chi connectivity index (χ0n) is 10.3. The number of piperidine rings is 1. The van der Waals surface area contributed by atoms with Crippen LogP contribution in [0.5, 0.6) is 0 Å². The van der Waals surface area contributed by atoms with Crippen molar-refractivity contribution in [2.24, 2.45) is 0 Å². The number of halogens is 3. The van der Waals surface area contributed by atoms with Gasteiger partial charge in [-0.05, 0) is 32.9 Å². The molecule has 19 heavy (non-hydrogen) atoms. The third kappa shape index (κ3) is 4.86. The topological polar surface area (TPSA) is 90.9 Å². The van der Waals surface area contributed by atoms with E-state index in [0.29, 0.717) is 5.92 Å². The lowest BCUT2D eigenvalue weighted by Gasteiger charge is -2.21. The Morgan fingerprint density at radius 2 is 1.89 bits per heavy atom. The molecular weight excluding hydrogens is 265 g/mol. The number of aliphatic carboxylic acids is 1. The number of carboxylic acids is 1. The number of aromatic amines is 1. The number of hydrogen-bond acceptors (Lipinski definition) is 4. The van der Waals surface area contributed by atoms with Gasteiger partial charge in [0.15, 0.2) is 0 Å². The van der Waals surface area contributed by atoms with Crippen LogP contribution in [0.3, 0.4) is 0 Å². The van der Waals surface area contributed by atoms with Crippen LogP contribution in [-0.2, 0) is 4.79 Å². The fourth-order valence-corrected chi connectivity index (χ4v) is 1.79. The summed E-state index contributed by atoms with van der Waals surface area (Å²) in [7, 11) is 0. The minimum absolute atomic E-state index is 0.640. The highest BCUT2D eigenvalue weighted by molar-refractivity contribution is 5.73. The quantitative estimate of drug-likeness (QED) is 0.719. The largest absolute Gasteiger partial charge is 0.490 e. The summed E-state index contributed by atoms with van der Waals surface area (Å²) in [4.78, 5) is 8.90. The van der Waals surface area contributed by atoms with Crippen LogP contribution in [-0.4, -0.2) is 45.8 Å². The summed E-state index contributed by atoms with van der Waals surface area (Å²) in [5.41, 5.74) is 2.29. The summed E-state index contributed by atoms with van der Waals surface area (Å²) in [6.07, 6.45) is -2.69. The first-order chi connectivity index (χ1) is 8.82. The van der Waals surface area contributed by atoms with Crippen LogP contribution in [0.1, 0.15) is 30.1 Å². The molecule has 0 radical (unpaired) electrons. The van der Waals surface area contributed by atoms with Crippen LogP contribution in [0.2, 0.25) is 0 Å². The molecule has 0 aliphatic carbocycles. The second-order valence-corrected chi connectivity index (χ2v) is 4.14. The van der Waals surface area contributed by atoms with E-state index in [4.69, 9.17) is 9.90 Å². The molecule has 0 unspecified atom stereocenters. The Hall–Kier alpha value is -1.64. The van der Waals surface area contributed by atoms with Crippen molar-refractivity contribution in [2.45, 2.75) is 31.9 Å². The number of alkyl halides is 3. The minimum atomic E-state index is -5.08. The van der Waals surface area contributed by atoms with Gasteiger partial charge >= 0.3 is 12.1 Å². The summed E-state index contributed by atoms with van der Waals surface area (Å²) in [5, 5.41) is 21.2. The highest BCUT2D eigenvalue weighted by atomic mass is 19.4. The summed E-state index contributed by atoms with van der Waals surface area (Å²) in [6, 6.07) is 0. The molecule has 3 N–H and O–H groups in total. The van der Waals surface area contributed by atoms with Gasteiger partial charge in [0.1, 0.15) is 0 Å². The van der Waals surface area contributed by atoms with Crippen molar-refractivity contribution in [3.05, 3.63) is 11.4 Å². The Morgan fingerprint density at radius 1 is 1.37 bits per heavy atom. The number of rotatable bonds is 1. The van der Waals surface area contributed by atoms with Crippen molar-refractivity contribution in [1.82, 2.24) is 20.7 Å². The van der Waals surface area contributed by atoms with E-state index in [9.17, 15) is 13.2 Å². The number of carbonyl (C=O) groups is 1. The van der Waals surface area contributed by atoms with Gasteiger partial charge < -0.3 is 10.4 Å². The highest BCUT2D eigenvalue weighted by Crippen LogP contribution is 2.24. The monoisotopic (exact) mass is 280 g/mol. The summed E-state index contributed by atoms with van der Waals surface area (Å²) < 4.78 is 31.7.